The highest BCUT2D eigenvalue weighted by molar-refractivity contribution is 7.22. The lowest BCUT2D eigenvalue weighted by molar-refractivity contribution is -0.383. The Kier molecular flexibility index (Phi) is 7.61. The van der Waals surface area contributed by atoms with Crippen molar-refractivity contribution in [3.63, 3.8) is 0 Å². The van der Waals surface area contributed by atoms with E-state index in [1.807, 2.05) is 4.90 Å². The van der Waals surface area contributed by atoms with E-state index in [1.54, 1.807) is 6.07 Å². The predicted molar refractivity (Wildman–Crippen MR) is 139 cm³/mol. The third kappa shape index (κ3) is 6.56. The monoisotopic (exact) mass is 602 g/mol. The largest absolute Gasteiger partial charge is 0.573 e. The van der Waals surface area contributed by atoms with Crippen LogP contribution in [0.4, 0.5) is 37.2 Å². The molecule has 0 saturated carbocycles. The zero-order valence-electron chi connectivity index (χ0n) is 21.4. The van der Waals surface area contributed by atoms with Crippen molar-refractivity contribution >= 4 is 32.2 Å². The fraction of sp³-hybridized carbons (Fsp3) is 0.462. The Morgan fingerprint density at radius 3 is 2.27 bits per heavy atom. The number of fused-ring (bicyclic) bond motifs is 1. The van der Waals surface area contributed by atoms with Crippen molar-refractivity contribution < 1.29 is 36.0 Å². The van der Waals surface area contributed by atoms with Gasteiger partial charge in [-0.05, 0) is 68.0 Å². The number of hydrogen-bond donors (Lipinski definition) is 0. The summed E-state index contributed by atoms with van der Waals surface area (Å²) in [6.07, 6.45) is -6.33. The molecule has 2 saturated heterocycles. The SMILES string of the molecule is O=c1nc(N2CCC3(CCN(Cc4cccc(OC(F)(F)F)c4)CC3)CC2)sc2c([N+](=O)[O-])cc(C(F)(F)F)cc12. The summed E-state index contributed by atoms with van der Waals surface area (Å²) in [5, 5.41) is 11.4. The van der Waals surface area contributed by atoms with Crippen LogP contribution in [0.15, 0.2) is 41.2 Å². The molecule has 0 atom stereocenters. The highest BCUT2D eigenvalue weighted by atomic mass is 32.1. The summed E-state index contributed by atoms with van der Waals surface area (Å²) in [6.45, 7) is 3.04. The average molecular weight is 603 g/mol. The second-order valence-electron chi connectivity index (χ2n) is 10.4. The maximum atomic E-state index is 13.2. The third-order valence-corrected chi connectivity index (χ3v) is 8.93. The molecule has 3 aromatic rings. The summed E-state index contributed by atoms with van der Waals surface area (Å²) in [6, 6.07) is 6.97. The molecule has 2 aromatic carbocycles. The van der Waals surface area contributed by atoms with Crippen molar-refractivity contribution in [2.24, 2.45) is 5.41 Å². The van der Waals surface area contributed by atoms with Crippen LogP contribution >= 0.6 is 11.3 Å². The lowest BCUT2D eigenvalue weighted by Crippen LogP contribution is -2.46. The number of nitrogens with zero attached hydrogens (tertiary/aromatic N) is 4. The number of halogens is 6. The van der Waals surface area contributed by atoms with Crippen molar-refractivity contribution in [3.8, 4) is 5.75 Å². The number of nitro benzene ring substituents is 1. The first-order chi connectivity index (χ1) is 19.2. The van der Waals surface area contributed by atoms with Crippen LogP contribution in [0.5, 0.6) is 5.75 Å². The van der Waals surface area contributed by atoms with Gasteiger partial charge in [0.25, 0.3) is 11.2 Å². The number of nitro groups is 1. The topological polar surface area (TPSA) is 88.8 Å². The van der Waals surface area contributed by atoms with Crippen LogP contribution in [0.25, 0.3) is 10.1 Å². The van der Waals surface area contributed by atoms with E-state index in [0.717, 1.165) is 50.1 Å². The van der Waals surface area contributed by atoms with Gasteiger partial charge in [0.15, 0.2) is 5.13 Å². The van der Waals surface area contributed by atoms with Gasteiger partial charge >= 0.3 is 12.5 Å². The maximum Gasteiger partial charge on any atom is 0.573 e. The van der Waals surface area contributed by atoms with E-state index in [9.17, 15) is 41.3 Å². The number of benzene rings is 2. The average Bonchev–Trinajstić information content (AvgIpc) is 2.88. The predicted octanol–water partition coefficient (Wildman–Crippen LogP) is 6.36. The van der Waals surface area contributed by atoms with E-state index in [0.29, 0.717) is 37.3 Å². The van der Waals surface area contributed by atoms with Crippen molar-refractivity contribution in [1.82, 2.24) is 9.88 Å². The Morgan fingerprint density at radius 2 is 1.66 bits per heavy atom. The van der Waals surface area contributed by atoms with Crippen LogP contribution in [0.1, 0.15) is 36.8 Å². The van der Waals surface area contributed by atoms with Gasteiger partial charge in [-0.3, -0.25) is 19.8 Å². The highest BCUT2D eigenvalue weighted by Gasteiger charge is 2.39. The number of rotatable bonds is 5. The Labute approximate surface area is 233 Å². The molecule has 220 valence electrons. The first-order valence-electron chi connectivity index (χ1n) is 12.7. The molecule has 0 aliphatic carbocycles. The number of ether oxygens (including phenoxy) is 1. The molecule has 0 unspecified atom stereocenters. The van der Waals surface area contributed by atoms with Crippen molar-refractivity contribution in [2.45, 2.75) is 44.8 Å². The fourth-order valence-electron chi connectivity index (χ4n) is 5.53. The van der Waals surface area contributed by atoms with Gasteiger partial charge in [-0.2, -0.15) is 18.2 Å². The number of likely N-dealkylation sites (tertiary alicyclic amines) is 1. The van der Waals surface area contributed by atoms with Crippen LogP contribution < -0.4 is 15.2 Å². The van der Waals surface area contributed by atoms with E-state index in [4.69, 9.17) is 0 Å². The van der Waals surface area contributed by atoms with Crippen LogP contribution in [0, 0.1) is 15.5 Å². The van der Waals surface area contributed by atoms with E-state index < -0.39 is 39.7 Å². The molecule has 3 heterocycles. The molecule has 0 bridgehead atoms. The lowest BCUT2D eigenvalue weighted by atomic mass is 9.71. The standard InChI is InChI=1S/C26H24F6N4O4S/c27-25(28,29)17-13-19-21(20(14-17)36(38)39)41-23(33-22(19)37)35-10-6-24(7-11-35)4-8-34(9-5-24)15-16-2-1-3-18(12-16)40-26(30,31)32/h1-3,12-14H,4-11,15H2. The first-order valence-corrected chi connectivity index (χ1v) is 13.6. The number of alkyl halides is 6. The van der Waals surface area contributed by atoms with E-state index in [-0.39, 0.29) is 21.0 Å². The molecule has 1 spiro atoms. The molecule has 8 nitrogen and oxygen atoms in total. The van der Waals surface area contributed by atoms with Crippen molar-refractivity contribution in [1.29, 1.82) is 0 Å². The van der Waals surface area contributed by atoms with Gasteiger partial charge < -0.3 is 9.64 Å². The normalized spacial score (nSPS) is 18.1. The van der Waals surface area contributed by atoms with Gasteiger partial charge in [-0.1, -0.05) is 23.5 Å². The Morgan fingerprint density at radius 1 is 1.00 bits per heavy atom. The summed E-state index contributed by atoms with van der Waals surface area (Å²) >= 11 is 0.840. The van der Waals surface area contributed by atoms with Crippen LogP contribution in [0.2, 0.25) is 0 Å². The molecule has 0 N–H and O–H groups in total. The van der Waals surface area contributed by atoms with Gasteiger partial charge in [-0.15, -0.1) is 13.2 Å². The van der Waals surface area contributed by atoms with Gasteiger partial charge in [0.05, 0.1) is 15.9 Å². The Hall–Kier alpha value is -3.46. The second kappa shape index (κ2) is 10.7. The zero-order chi connectivity index (χ0) is 29.6. The van der Waals surface area contributed by atoms with Crippen LogP contribution in [-0.2, 0) is 12.7 Å². The van der Waals surface area contributed by atoms with Gasteiger partial charge in [0.2, 0.25) is 0 Å². The number of piperidine rings is 2. The fourth-order valence-corrected chi connectivity index (χ4v) is 6.65. The molecule has 5 rings (SSSR count). The number of anilines is 1. The molecule has 2 aliphatic heterocycles. The van der Waals surface area contributed by atoms with E-state index in [2.05, 4.69) is 14.6 Å². The van der Waals surface area contributed by atoms with Crippen molar-refractivity contribution in [3.05, 3.63) is 68.0 Å². The maximum absolute atomic E-state index is 13.2. The minimum Gasteiger partial charge on any atom is -0.406 e. The molecule has 2 aliphatic rings. The number of aromatic nitrogens is 1. The lowest BCUT2D eigenvalue weighted by Gasteiger charge is -2.47. The third-order valence-electron chi connectivity index (χ3n) is 7.76. The van der Waals surface area contributed by atoms with Gasteiger partial charge in [-0.25, -0.2) is 0 Å². The van der Waals surface area contributed by atoms with E-state index >= 15 is 0 Å². The molecule has 1 aromatic heterocycles. The Balaban J connectivity index is 1.24. The quantitative estimate of drug-likeness (QED) is 0.191. The van der Waals surface area contributed by atoms with Crippen molar-refractivity contribution in [2.75, 3.05) is 31.1 Å². The molecular weight excluding hydrogens is 578 g/mol. The first kappa shape index (κ1) is 29.0. The molecule has 15 heteroatoms. The Bertz CT molecular complexity index is 1510. The minimum absolute atomic E-state index is 0.0314. The van der Waals surface area contributed by atoms with Crippen LogP contribution in [0.3, 0.4) is 0 Å². The second-order valence-corrected chi connectivity index (χ2v) is 11.4. The number of hydrogen-bond acceptors (Lipinski definition) is 8. The number of non-ortho nitro benzene ring substituents is 1. The smallest absolute Gasteiger partial charge is 0.406 e. The summed E-state index contributed by atoms with van der Waals surface area (Å²) in [5.74, 6) is -0.258. The zero-order valence-corrected chi connectivity index (χ0v) is 22.2. The van der Waals surface area contributed by atoms with Crippen LogP contribution in [-0.4, -0.2) is 47.3 Å². The van der Waals surface area contributed by atoms with E-state index in [1.165, 1.54) is 18.2 Å². The summed E-state index contributed by atoms with van der Waals surface area (Å²) < 4.78 is 81.2. The summed E-state index contributed by atoms with van der Waals surface area (Å²) in [7, 11) is 0. The highest BCUT2D eigenvalue weighted by Crippen LogP contribution is 2.44. The van der Waals surface area contributed by atoms with Gasteiger partial charge in [0.1, 0.15) is 10.4 Å². The van der Waals surface area contributed by atoms with Gasteiger partial charge in [0, 0.05) is 25.7 Å². The molecule has 0 amide bonds. The summed E-state index contributed by atoms with van der Waals surface area (Å²) in [5.41, 5.74) is -2.25. The molecule has 0 radical (unpaired) electrons. The molecular formula is C26H24F6N4O4S. The summed E-state index contributed by atoms with van der Waals surface area (Å²) in [4.78, 5) is 31.3. The molecule has 41 heavy (non-hydrogen) atoms. The molecule has 2 fully saturated rings. The minimum atomic E-state index is -4.85.